The van der Waals surface area contributed by atoms with Crippen LogP contribution in [0.1, 0.15) is 36.5 Å². The third kappa shape index (κ3) is 7.35. The van der Waals surface area contributed by atoms with Gasteiger partial charge in [0.2, 0.25) is 21.8 Å². The molecule has 0 aromatic heterocycles. The summed E-state index contributed by atoms with van der Waals surface area (Å²) in [6, 6.07) is 9.84. The van der Waals surface area contributed by atoms with Gasteiger partial charge in [-0.2, -0.15) is 0 Å². The Kier molecular flexibility index (Phi) is 9.79. The summed E-state index contributed by atoms with van der Waals surface area (Å²) in [5.74, 6) is -0.594. The highest BCUT2D eigenvalue weighted by atomic mass is 35.5. The van der Waals surface area contributed by atoms with Crippen LogP contribution in [0.15, 0.2) is 36.4 Å². The molecule has 0 fully saturated rings. The fourth-order valence-electron chi connectivity index (χ4n) is 3.60. The average molecular weight is 529 g/mol. The largest absolute Gasteiger partial charge is 0.357 e. The summed E-state index contributed by atoms with van der Waals surface area (Å²) in [5, 5.41) is 3.43. The highest BCUT2D eigenvalue weighted by molar-refractivity contribution is 7.92. The standard InChI is InChI=1S/C24H31Cl2N3O4S/c1-16-8-9-17(2)22(13-16)29(34(5,32)33)12-6-7-23(30)28(18(3)24(31)27-4)15-19-10-11-20(25)14-21(19)26/h8-11,13-14,18H,6-7,12,15H2,1-5H3,(H,27,31)/t18-/m0/s1. The zero-order chi connectivity index (χ0) is 25.6. The Morgan fingerprint density at radius 3 is 2.35 bits per heavy atom. The summed E-state index contributed by atoms with van der Waals surface area (Å²) in [7, 11) is -2.05. The number of rotatable bonds is 10. The van der Waals surface area contributed by atoms with Crippen molar-refractivity contribution in [3.05, 3.63) is 63.1 Å². The van der Waals surface area contributed by atoms with Gasteiger partial charge in [-0.15, -0.1) is 0 Å². The summed E-state index contributed by atoms with van der Waals surface area (Å²) in [5.41, 5.74) is 3.02. The molecule has 7 nitrogen and oxygen atoms in total. The Morgan fingerprint density at radius 1 is 1.09 bits per heavy atom. The van der Waals surface area contributed by atoms with Crippen molar-refractivity contribution < 1.29 is 18.0 Å². The molecule has 1 N–H and O–H groups in total. The summed E-state index contributed by atoms with van der Waals surface area (Å²) < 4.78 is 26.3. The molecule has 0 unspecified atom stereocenters. The fraction of sp³-hybridized carbons (Fsp3) is 0.417. The van der Waals surface area contributed by atoms with E-state index in [-0.39, 0.29) is 37.7 Å². The van der Waals surface area contributed by atoms with Crippen LogP contribution in [0.4, 0.5) is 5.69 Å². The van der Waals surface area contributed by atoms with Crippen LogP contribution in [0.2, 0.25) is 10.0 Å². The van der Waals surface area contributed by atoms with Crippen LogP contribution in [0.3, 0.4) is 0 Å². The van der Waals surface area contributed by atoms with Gasteiger partial charge in [-0.05, 0) is 62.1 Å². The molecule has 0 saturated carbocycles. The van der Waals surface area contributed by atoms with E-state index in [4.69, 9.17) is 23.2 Å². The number of sulfonamides is 1. The molecule has 0 aliphatic heterocycles. The summed E-state index contributed by atoms with van der Waals surface area (Å²) >= 11 is 12.3. The summed E-state index contributed by atoms with van der Waals surface area (Å²) in [6.07, 6.45) is 1.49. The molecule has 186 valence electrons. The molecule has 2 amide bonds. The fourth-order valence-corrected chi connectivity index (χ4v) is 5.08. The first-order valence-electron chi connectivity index (χ1n) is 10.8. The molecule has 0 heterocycles. The highest BCUT2D eigenvalue weighted by Crippen LogP contribution is 2.26. The Balaban J connectivity index is 2.21. The zero-order valence-corrected chi connectivity index (χ0v) is 22.4. The highest BCUT2D eigenvalue weighted by Gasteiger charge is 2.27. The molecule has 2 rings (SSSR count). The molecular weight excluding hydrogens is 497 g/mol. The van der Waals surface area contributed by atoms with Crippen molar-refractivity contribution in [2.24, 2.45) is 0 Å². The van der Waals surface area contributed by atoms with Gasteiger partial charge in [0.05, 0.1) is 11.9 Å². The predicted octanol–water partition coefficient (Wildman–Crippen LogP) is 4.32. The monoisotopic (exact) mass is 527 g/mol. The first kappa shape index (κ1) is 28.0. The molecule has 10 heteroatoms. The lowest BCUT2D eigenvalue weighted by molar-refractivity contribution is -0.140. The minimum atomic E-state index is -3.55. The molecular formula is C24H31Cl2N3O4S. The van der Waals surface area contributed by atoms with Crippen LogP contribution >= 0.6 is 23.2 Å². The Bertz CT molecular complexity index is 1150. The van der Waals surface area contributed by atoms with Crippen molar-refractivity contribution in [1.82, 2.24) is 10.2 Å². The van der Waals surface area contributed by atoms with Crippen LogP contribution < -0.4 is 9.62 Å². The molecule has 0 aliphatic carbocycles. The number of nitrogens with zero attached hydrogens (tertiary/aromatic N) is 2. The van der Waals surface area contributed by atoms with Gasteiger partial charge >= 0.3 is 0 Å². The minimum absolute atomic E-state index is 0.0590. The van der Waals surface area contributed by atoms with E-state index in [0.717, 1.165) is 17.4 Å². The number of hydrogen-bond acceptors (Lipinski definition) is 4. The lowest BCUT2D eigenvalue weighted by Crippen LogP contribution is -2.46. The van der Waals surface area contributed by atoms with E-state index in [9.17, 15) is 18.0 Å². The van der Waals surface area contributed by atoms with Crippen molar-refractivity contribution in [2.75, 3.05) is 24.2 Å². The lowest BCUT2D eigenvalue weighted by atomic mass is 10.1. The Labute approximate surface area is 212 Å². The number of aryl methyl sites for hydroxylation is 2. The van der Waals surface area contributed by atoms with Crippen molar-refractivity contribution in [3.63, 3.8) is 0 Å². The van der Waals surface area contributed by atoms with Gasteiger partial charge in [0, 0.05) is 36.6 Å². The van der Waals surface area contributed by atoms with Gasteiger partial charge in [0.15, 0.2) is 0 Å². The van der Waals surface area contributed by atoms with Gasteiger partial charge in [-0.3, -0.25) is 13.9 Å². The zero-order valence-electron chi connectivity index (χ0n) is 20.1. The maximum atomic E-state index is 13.2. The van der Waals surface area contributed by atoms with E-state index in [2.05, 4.69) is 5.32 Å². The Morgan fingerprint density at radius 2 is 1.76 bits per heavy atom. The molecule has 0 bridgehead atoms. The smallest absolute Gasteiger partial charge is 0.242 e. The van der Waals surface area contributed by atoms with Crippen LogP contribution in [0, 0.1) is 13.8 Å². The molecule has 2 aromatic rings. The quantitative estimate of drug-likeness (QED) is 0.498. The average Bonchev–Trinajstić information content (AvgIpc) is 2.76. The number of likely N-dealkylation sites (N-methyl/N-ethyl adjacent to an activating group) is 1. The number of carbonyl (C=O) groups excluding carboxylic acids is 2. The number of nitrogens with one attached hydrogen (secondary N) is 1. The first-order chi connectivity index (χ1) is 15.8. The number of halogens is 2. The number of carbonyl (C=O) groups is 2. The van der Waals surface area contributed by atoms with Gasteiger partial charge < -0.3 is 10.2 Å². The summed E-state index contributed by atoms with van der Waals surface area (Å²) in [6.45, 7) is 5.64. The number of anilines is 1. The van der Waals surface area contributed by atoms with E-state index in [0.29, 0.717) is 21.3 Å². The normalized spacial score (nSPS) is 12.2. The molecule has 1 atom stereocenters. The molecule has 0 radical (unpaired) electrons. The molecule has 0 aliphatic rings. The van der Waals surface area contributed by atoms with E-state index in [1.165, 1.54) is 16.3 Å². The van der Waals surface area contributed by atoms with E-state index in [1.807, 2.05) is 32.0 Å². The van der Waals surface area contributed by atoms with Gasteiger partial charge in [0.1, 0.15) is 6.04 Å². The number of hydrogen-bond donors (Lipinski definition) is 1. The lowest BCUT2D eigenvalue weighted by Gasteiger charge is -2.29. The van der Waals surface area contributed by atoms with E-state index < -0.39 is 16.1 Å². The van der Waals surface area contributed by atoms with Crippen LogP contribution in [-0.4, -0.2) is 51.0 Å². The van der Waals surface area contributed by atoms with Crippen molar-refractivity contribution in [2.45, 2.75) is 46.2 Å². The van der Waals surface area contributed by atoms with Crippen molar-refractivity contribution in [3.8, 4) is 0 Å². The first-order valence-corrected chi connectivity index (χ1v) is 13.5. The third-order valence-corrected chi connectivity index (χ3v) is 7.32. The Hall–Kier alpha value is -2.29. The third-order valence-electron chi connectivity index (χ3n) is 5.56. The maximum absolute atomic E-state index is 13.2. The van der Waals surface area contributed by atoms with Crippen LogP contribution in [0.25, 0.3) is 0 Å². The second-order valence-corrected chi connectivity index (χ2v) is 11.0. The topological polar surface area (TPSA) is 86.8 Å². The van der Waals surface area contributed by atoms with Crippen molar-refractivity contribution >= 4 is 50.7 Å². The van der Waals surface area contributed by atoms with Crippen molar-refractivity contribution in [1.29, 1.82) is 0 Å². The SMILES string of the molecule is CNC(=O)[C@H](C)N(Cc1ccc(Cl)cc1Cl)C(=O)CCCN(c1cc(C)ccc1C)S(C)(=O)=O. The number of amides is 2. The molecule has 2 aromatic carbocycles. The van der Waals surface area contributed by atoms with Gasteiger partial charge in [0.25, 0.3) is 0 Å². The second kappa shape index (κ2) is 11.9. The molecule has 0 saturated heterocycles. The van der Waals surface area contributed by atoms with E-state index in [1.54, 1.807) is 25.1 Å². The second-order valence-electron chi connectivity index (χ2n) is 8.28. The van der Waals surface area contributed by atoms with Gasteiger partial charge in [-0.1, -0.05) is 41.4 Å². The van der Waals surface area contributed by atoms with Crippen LogP contribution in [0.5, 0.6) is 0 Å². The van der Waals surface area contributed by atoms with Crippen LogP contribution in [-0.2, 0) is 26.2 Å². The number of benzene rings is 2. The molecule has 34 heavy (non-hydrogen) atoms. The van der Waals surface area contributed by atoms with Gasteiger partial charge in [-0.25, -0.2) is 8.42 Å². The van der Waals surface area contributed by atoms with E-state index >= 15 is 0 Å². The minimum Gasteiger partial charge on any atom is -0.357 e. The maximum Gasteiger partial charge on any atom is 0.242 e. The summed E-state index contributed by atoms with van der Waals surface area (Å²) in [4.78, 5) is 26.9. The predicted molar refractivity (Wildman–Crippen MR) is 138 cm³/mol. The molecule has 0 spiro atoms.